The van der Waals surface area contributed by atoms with Gasteiger partial charge in [-0.25, -0.2) is 9.67 Å². The molecule has 0 fully saturated rings. The second-order valence-electron chi connectivity index (χ2n) is 4.24. The van der Waals surface area contributed by atoms with Gasteiger partial charge in [-0.3, -0.25) is 0 Å². The number of hydrogen-bond donors (Lipinski definition) is 0. The first kappa shape index (κ1) is 13.5. The van der Waals surface area contributed by atoms with Crippen molar-refractivity contribution in [3.05, 3.63) is 57.5 Å². The van der Waals surface area contributed by atoms with Gasteiger partial charge in [0.15, 0.2) is 15.6 Å². The molecule has 0 aliphatic rings. The molecule has 3 rings (SSSR count). The molecule has 0 N–H and O–H groups in total. The molecule has 2 heterocycles. The lowest BCUT2D eigenvalue weighted by atomic mass is 10.2. The van der Waals surface area contributed by atoms with Gasteiger partial charge in [0.2, 0.25) is 0 Å². The van der Waals surface area contributed by atoms with Crippen molar-refractivity contribution in [2.24, 2.45) is 4.99 Å². The standard InChI is InChI=1S/C13H11ClN4S2/c1-9-7-11(15-13-12(14)17-20-19-13)18(16-9)8-10-5-3-2-4-6-10/h2-7H,8H2,1H3/b15-13-. The van der Waals surface area contributed by atoms with Crippen LogP contribution >= 0.6 is 32.5 Å². The molecule has 2 aromatic heterocycles. The average Bonchev–Trinajstić information content (AvgIpc) is 2.98. The van der Waals surface area contributed by atoms with E-state index < -0.39 is 0 Å². The minimum Gasteiger partial charge on any atom is -0.243 e. The molecule has 0 spiro atoms. The maximum atomic E-state index is 6.00. The number of hydrogen-bond acceptors (Lipinski definition) is 5. The van der Waals surface area contributed by atoms with Crippen LogP contribution in [0.5, 0.6) is 0 Å². The van der Waals surface area contributed by atoms with Crippen molar-refractivity contribution in [3.63, 3.8) is 0 Å². The normalized spacial score (nSPS) is 12.0. The lowest BCUT2D eigenvalue weighted by Gasteiger charge is -2.03. The summed E-state index contributed by atoms with van der Waals surface area (Å²) in [4.78, 5) is 4.55. The number of aromatic nitrogens is 3. The Morgan fingerprint density at radius 1 is 1.30 bits per heavy atom. The Morgan fingerprint density at radius 2 is 2.10 bits per heavy atom. The summed E-state index contributed by atoms with van der Waals surface area (Å²) < 4.78 is 6.64. The van der Waals surface area contributed by atoms with Crippen molar-refractivity contribution in [1.82, 2.24) is 14.2 Å². The van der Waals surface area contributed by atoms with Crippen LogP contribution in [0.1, 0.15) is 11.3 Å². The van der Waals surface area contributed by atoms with Crippen LogP contribution in [0.25, 0.3) is 0 Å². The van der Waals surface area contributed by atoms with Gasteiger partial charge >= 0.3 is 0 Å². The van der Waals surface area contributed by atoms with E-state index in [2.05, 4.69) is 26.6 Å². The fourth-order valence-corrected chi connectivity index (χ4v) is 3.80. The third-order valence-corrected chi connectivity index (χ3v) is 4.85. The summed E-state index contributed by atoms with van der Waals surface area (Å²) in [5.41, 5.74) is 2.12. The summed E-state index contributed by atoms with van der Waals surface area (Å²) in [6.07, 6.45) is 0. The van der Waals surface area contributed by atoms with Gasteiger partial charge in [0.25, 0.3) is 0 Å². The highest BCUT2D eigenvalue weighted by atomic mass is 35.5. The summed E-state index contributed by atoms with van der Waals surface area (Å²) >= 11 is 6.00. The van der Waals surface area contributed by atoms with Crippen LogP contribution in [-0.4, -0.2) is 14.2 Å². The van der Waals surface area contributed by atoms with E-state index in [0.29, 0.717) is 11.7 Å². The van der Waals surface area contributed by atoms with E-state index in [1.807, 2.05) is 35.9 Å². The Hall–Kier alpha value is -1.50. The Labute approximate surface area is 128 Å². The summed E-state index contributed by atoms with van der Waals surface area (Å²) in [7, 11) is 2.80. The zero-order valence-electron chi connectivity index (χ0n) is 10.7. The fourth-order valence-electron chi connectivity index (χ4n) is 1.82. The van der Waals surface area contributed by atoms with Crippen molar-refractivity contribution in [2.45, 2.75) is 13.5 Å². The molecule has 0 saturated heterocycles. The van der Waals surface area contributed by atoms with Crippen LogP contribution < -0.4 is 4.67 Å². The largest absolute Gasteiger partial charge is 0.243 e. The summed E-state index contributed by atoms with van der Waals surface area (Å²) in [6, 6.07) is 12.1. The molecule has 4 nitrogen and oxygen atoms in total. The van der Waals surface area contributed by atoms with Gasteiger partial charge in [0.05, 0.1) is 12.2 Å². The maximum absolute atomic E-state index is 6.00. The zero-order chi connectivity index (χ0) is 13.9. The quantitative estimate of drug-likeness (QED) is 0.691. The van der Waals surface area contributed by atoms with E-state index in [-0.39, 0.29) is 0 Å². The van der Waals surface area contributed by atoms with E-state index in [9.17, 15) is 0 Å². The monoisotopic (exact) mass is 322 g/mol. The van der Waals surface area contributed by atoms with Crippen molar-refractivity contribution >= 4 is 38.3 Å². The van der Waals surface area contributed by atoms with Crippen LogP contribution in [0.2, 0.25) is 5.15 Å². The lowest BCUT2D eigenvalue weighted by molar-refractivity contribution is 0.682. The Morgan fingerprint density at radius 3 is 2.80 bits per heavy atom. The fraction of sp³-hybridized carbons (Fsp3) is 0.154. The SMILES string of the molecule is Cc1cc(/N=c2\ssnc2Cl)n(Cc2ccccc2)n1. The van der Waals surface area contributed by atoms with Crippen molar-refractivity contribution in [2.75, 3.05) is 0 Å². The molecule has 0 atom stereocenters. The van der Waals surface area contributed by atoms with Crippen LogP contribution in [0.4, 0.5) is 5.82 Å². The first-order chi connectivity index (χ1) is 9.72. The van der Waals surface area contributed by atoms with Gasteiger partial charge in [0, 0.05) is 16.6 Å². The number of rotatable bonds is 3. The Bertz CT molecular complexity index is 773. The molecule has 0 saturated carbocycles. The van der Waals surface area contributed by atoms with E-state index in [1.165, 1.54) is 26.4 Å². The smallest absolute Gasteiger partial charge is 0.179 e. The third kappa shape index (κ3) is 2.98. The first-order valence-corrected chi connectivity index (χ1v) is 8.45. The molecular weight excluding hydrogens is 312 g/mol. The number of benzene rings is 1. The molecule has 0 aliphatic heterocycles. The Balaban J connectivity index is 1.99. The van der Waals surface area contributed by atoms with Gasteiger partial charge in [-0.15, -0.1) is 0 Å². The van der Waals surface area contributed by atoms with Gasteiger partial charge in [-0.1, -0.05) is 41.9 Å². The zero-order valence-corrected chi connectivity index (χ0v) is 13.0. The molecule has 0 radical (unpaired) electrons. The van der Waals surface area contributed by atoms with Gasteiger partial charge in [-0.05, 0) is 22.8 Å². The van der Waals surface area contributed by atoms with Crippen LogP contribution in [0.3, 0.4) is 0 Å². The second kappa shape index (κ2) is 5.87. The van der Waals surface area contributed by atoms with E-state index >= 15 is 0 Å². The minimum absolute atomic E-state index is 0.449. The molecule has 0 bridgehead atoms. The summed E-state index contributed by atoms with van der Waals surface area (Å²) in [6.45, 7) is 2.64. The van der Waals surface area contributed by atoms with Crippen molar-refractivity contribution in [3.8, 4) is 0 Å². The highest BCUT2D eigenvalue weighted by molar-refractivity contribution is 7.66. The maximum Gasteiger partial charge on any atom is 0.179 e. The van der Waals surface area contributed by atoms with Crippen molar-refractivity contribution in [1.29, 1.82) is 0 Å². The number of halogens is 1. The minimum atomic E-state index is 0.449. The van der Waals surface area contributed by atoms with Gasteiger partial charge in [0.1, 0.15) is 0 Å². The summed E-state index contributed by atoms with van der Waals surface area (Å²) in [5, 5.41) is 4.93. The first-order valence-electron chi connectivity index (χ1n) is 5.97. The molecule has 0 unspecified atom stereocenters. The lowest BCUT2D eigenvalue weighted by Crippen LogP contribution is -2.03. The van der Waals surface area contributed by atoms with Gasteiger partial charge < -0.3 is 0 Å². The number of aryl methyl sites for hydroxylation is 1. The Kier molecular flexibility index (Phi) is 3.95. The molecule has 0 aliphatic carbocycles. The van der Waals surface area contributed by atoms with Crippen molar-refractivity contribution < 1.29 is 0 Å². The molecular formula is C13H11ClN4S2. The highest BCUT2D eigenvalue weighted by Crippen LogP contribution is 2.17. The van der Waals surface area contributed by atoms with Gasteiger partial charge in [-0.2, -0.15) is 9.47 Å². The van der Waals surface area contributed by atoms with E-state index in [1.54, 1.807) is 0 Å². The molecule has 20 heavy (non-hydrogen) atoms. The molecule has 7 heteroatoms. The predicted molar refractivity (Wildman–Crippen MR) is 82.7 cm³/mol. The highest BCUT2D eigenvalue weighted by Gasteiger charge is 2.06. The second-order valence-corrected chi connectivity index (χ2v) is 6.43. The van der Waals surface area contributed by atoms with E-state index in [0.717, 1.165) is 16.2 Å². The molecule has 102 valence electrons. The van der Waals surface area contributed by atoms with Crippen LogP contribution in [-0.2, 0) is 6.54 Å². The molecule has 3 aromatic rings. The average molecular weight is 323 g/mol. The molecule has 0 amide bonds. The predicted octanol–water partition coefficient (Wildman–Crippen LogP) is 3.64. The summed E-state index contributed by atoms with van der Waals surface area (Å²) in [5.74, 6) is 0.796. The molecule has 1 aromatic carbocycles. The van der Waals surface area contributed by atoms with E-state index in [4.69, 9.17) is 11.6 Å². The third-order valence-electron chi connectivity index (χ3n) is 2.68. The van der Waals surface area contributed by atoms with Crippen LogP contribution in [0.15, 0.2) is 41.4 Å². The number of nitrogens with zero attached hydrogens (tertiary/aromatic N) is 4. The van der Waals surface area contributed by atoms with Crippen LogP contribution in [0, 0.1) is 6.92 Å². The topological polar surface area (TPSA) is 43.1 Å².